The molecule has 1 unspecified atom stereocenters. The van der Waals surface area contributed by atoms with Gasteiger partial charge in [-0.1, -0.05) is 0 Å². The van der Waals surface area contributed by atoms with Crippen LogP contribution >= 0.6 is 0 Å². The number of hydrogen-bond acceptors (Lipinski definition) is 8. The van der Waals surface area contributed by atoms with Crippen LogP contribution in [0.1, 0.15) is 41.5 Å². The molecule has 2 aliphatic rings. The number of esters is 3. The second kappa shape index (κ2) is 6.93. The zero-order valence-corrected chi connectivity index (χ0v) is 15.8. The van der Waals surface area contributed by atoms with Gasteiger partial charge in [0.15, 0.2) is 0 Å². The van der Waals surface area contributed by atoms with E-state index in [2.05, 4.69) is 4.99 Å². The molecular formula is C18H23NO7. The summed E-state index contributed by atoms with van der Waals surface area (Å²) in [5.74, 6) is -4.30. The summed E-state index contributed by atoms with van der Waals surface area (Å²) < 4.78 is 21.2. The second-order valence-electron chi connectivity index (χ2n) is 6.77. The minimum absolute atomic E-state index is 0.0664. The third-order valence-corrected chi connectivity index (χ3v) is 3.43. The molecule has 2 rings (SSSR count). The lowest BCUT2D eigenvalue weighted by atomic mass is 10.0. The number of nitrogens with zero attached hydrogens (tertiary/aromatic N) is 1. The molecule has 8 nitrogen and oxygen atoms in total. The highest BCUT2D eigenvalue weighted by Gasteiger charge is 2.58. The largest absolute Gasteiger partial charge is 0.462 e. The van der Waals surface area contributed by atoms with Crippen LogP contribution in [-0.2, 0) is 33.3 Å². The van der Waals surface area contributed by atoms with Gasteiger partial charge in [-0.2, -0.15) is 0 Å². The lowest BCUT2D eigenvalue weighted by molar-refractivity contribution is -0.167. The van der Waals surface area contributed by atoms with Gasteiger partial charge in [0.2, 0.25) is 5.90 Å². The number of aliphatic imine (C=N–C) groups is 1. The number of ether oxygens (including phenoxy) is 4. The first-order valence-electron chi connectivity index (χ1n) is 8.35. The van der Waals surface area contributed by atoms with Crippen molar-refractivity contribution in [1.82, 2.24) is 0 Å². The van der Waals surface area contributed by atoms with E-state index in [9.17, 15) is 14.4 Å². The van der Waals surface area contributed by atoms with E-state index >= 15 is 0 Å². The molecule has 0 saturated heterocycles. The maximum Gasteiger partial charge on any atom is 0.344 e. The molecule has 26 heavy (non-hydrogen) atoms. The monoisotopic (exact) mass is 365 g/mol. The van der Waals surface area contributed by atoms with Crippen LogP contribution in [0.2, 0.25) is 0 Å². The molecule has 0 aromatic carbocycles. The zero-order valence-electron chi connectivity index (χ0n) is 15.8. The SMILES string of the molecule is CCOC(=O)C1=C(C(=O)OCC)C2(C=C(C)C(=O)O2)OC1=NC(C)(C)C. The average molecular weight is 365 g/mol. The first kappa shape index (κ1) is 19.7. The van der Waals surface area contributed by atoms with Crippen LogP contribution in [0.15, 0.2) is 27.8 Å². The molecular weight excluding hydrogens is 342 g/mol. The first-order valence-corrected chi connectivity index (χ1v) is 8.35. The number of hydrogen-bond donors (Lipinski definition) is 0. The Kier molecular flexibility index (Phi) is 5.25. The molecule has 0 saturated carbocycles. The fourth-order valence-corrected chi connectivity index (χ4v) is 2.52. The molecule has 0 bridgehead atoms. The Morgan fingerprint density at radius 2 is 1.69 bits per heavy atom. The van der Waals surface area contributed by atoms with E-state index in [1.54, 1.807) is 34.6 Å². The zero-order chi connectivity index (χ0) is 19.7. The van der Waals surface area contributed by atoms with Crippen molar-refractivity contribution in [2.24, 2.45) is 4.99 Å². The van der Waals surface area contributed by atoms with E-state index in [-0.39, 0.29) is 35.8 Å². The lowest BCUT2D eigenvalue weighted by Crippen LogP contribution is -2.35. The van der Waals surface area contributed by atoms with Crippen molar-refractivity contribution in [2.75, 3.05) is 13.2 Å². The van der Waals surface area contributed by atoms with E-state index in [1.807, 2.05) is 0 Å². The highest BCUT2D eigenvalue weighted by molar-refractivity contribution is 6.24. The van der Waals surface area contributed by atoms with Gasteiger partial charge in [0.1, 0.15) is 11.1 Å². The van der Waals surface area contributed by atoms with Crippen molar-refractivity contribution in [3.05, 3.63) is 22.8 Å². The maximum atomic E-state index is 12.6. The molecule has 1 atom stereocenters. The fraction of sp³-hybridized carbons (Fsp3) is 0.556. The van der Waals surface area contributed by atoms with Crippen molar-refractivity contribution < 1.29 is 33.3 Å². The molecule has 0 aromatic heterocycles. The summed E-state index contributed by atoms with van der Waals surface area (Å²) in [4.78, 5) is 41.5. The maximum absolute atomic E-state index is 12.6. The Hall–Kier alpha value is -2.64. The van der Waals surface area contributed by atoms with Gasteiger partial charge in [-0.05, 0) is 41.5 Å². The van der Waals surface area contributed by atoms with Gasteiger partial charge in [-0.15, -0.1) is 0 Å². The molecule has 0 aliphatic carbocycles. The summed E-state index contributed by atoms with van der Waals surface area (Å²) in [6.45, 7) is 10.3. The van der Waals surface area contributed by atoms with E-state index in [0.29, 0.717) is 0 Å². The topological polar surface area (TPSA) is 100 Å². The number of carbonyl (C=O) groups is 3. The molecule has 2 aliphatic heterocycles. The highest BCUT2D eigenvalue weighted by Crippen LogP contribution is 2.42. The molecule has 0 aromatic rings. The van der Waals surface area contributed by atoms with Crippen molar-refractivity contribution in [3.63, 3.8) is 0 Å². The summed E-state index contributed by atoms with van der Waals surface area (Å²) in [6, 6.07) is 0. The number of rotatable bonds is 4. The van der Waals surface area contributed by atoms with Gasteiger partial charge in [-0.25, -0.2) is 19.4 Å². The molecule has 142 valence electrons. The Balaban J connectivity index is 2.73. The van der Waals surface area contributed by atoms with Crippen molar-refractivity contribution in [3.8, 4) is 0 Å². The predicted molar refractivity (Wildman–Crippen MR) is 91.1 cm³/mol. The van der Waals surface area contributed by atoms with Crippen molar-refractivity contribution in [1.29, 1.82) is 0 Å². The first-order chi connectivity index (χ1) is 12.0. The van der Waals surface area contributed by atoms with E-state index in [4.69, 9.17) is 18.9 Å². The van der Waals surface area contributed by atoms with Gasteiger partial charge in [0.25, 0.3) is 0 Å². The summed E-state index contributed by atoms with van der Waals surface area (Å²) in [5.41, 5.74) is -0.822. The summed E-state index contributed by atoms with van der Waals surface area (Å²) in [5, 5.41) is 0. The Bertz CT molecular complexity index is 739. The summed E-state index contributed by atoms with van der Waals surface area (Å²) in [6.07, 6.45) is 1.34. The Morgan fingerprint density at radius 1 is 1.12 bits per heavy atom. The van der Waals surface area contributed by atoms with Crippen LogP contribution in [0.5, 0.6) is 0 Å². The number of carbonyl (C=O) groups excluding carboxylic acids is 3. The highest BCUT2D eigenvalue weighted by atomic mass is 16.7. The van der Waals surface area contributed by atoms with Crippen molar-refractivity contribution in [2.45, 2.75) is 52.9 Å². The van der Waals surface area contributed by atoms with Crippen LogP contribution in [0.4, 0.5) is 0 Å². The van der Waals surface area contributed by atoms with Crippen LogP contribution in [0.25, 0.3) is 0 Å². The quantitative estimate of drug-likeness (QED) is 0.553. The van der Waals surface area contributed by atoms with E-state index in [0.717, 1.165) is 0 Å². The third kappa shape index (κ3) is 3.63. The minimum Gasteiger partial charge on any atom is -0.462 e. The summed E-state index contributed by atoms with van der Waals surface area (Å²) in [7, 11) is 0. The van der Waals surface area contributed by atoms with Gasteiger partial charge < -0.3 is 18.9 Å². The van der Waals surface area contributed by atoms with Crippen LogP contribution in [-0.4, -0.2) is 48.3 Å². The molecule has 0 radical (unpaired) electrons. The molecule has 0 fully saturated rings. The second-order valence-corrected chi connectivity index (χ2v) is 6.77. The minimum atomic E-state index is -1.88. The van der Waals surface area contributed by atoms with Crippen LogP contribution < -0.4 is 0 Å². The van der Waals surface area contributed by atoms with Crippen LogP contribution in [0.3, 0.4) is 0 Å². The van der Waals surface area contributed by atoms with Crippen molar-refractivity contribution >= 4 is 23.8 Å². The molecule has 0 amide bonds. The average Bonchev–Trinajstić information content (AvgIpc) is 2.94. The predicted octanol–water partition coefficient (Wildman–Crippen LogP) is 1.84. The fourth-order valence-electron chi connectivity index (χ4n) is 2.52. The van der Waals surface area contributed by atoms with Crippen LogP contribution in [0, 0.1) is 0 Å². The Labute approximate surface area is 151 Å². The van der Waals surface area contributed by atoms with Gasteiger partial charge >= 0.3 is 23.7 Å². The van der Waals surface area contributed by atoms with Gasteiger partial charge in [-0.3, -0.25) is 0 Å². The molecule has 2 heterocycles. The Morgan fingerprint density at radius 3 is 2.15 bits per heavy atom. The molecule has 1 spiro atoms. The van der Waals surface area contributed by atoms with E-state index < -0.39 is 29.2 Å². The molecule has 8 heteroatoms. The summed E-state index contributed by atoms with van der Waals surface area (Å²) >= 11 is 0. The molecule has 0 N–H and O–H groups in total. The smallest absolute Gasteiger partial charge is 0.344 e. The third-order valence-electron chi connectivity index (χ3n) is 3.43. The van der Waals surface area contributed by atoms with Gasteiger partial charge in [0, 0.05) is 11.6 Å². The lowest BCUT2D eigenvalue weighted by Gasteiger charge is -2.23. The normalized spacial score (nSPS) is 23.8. The van der Waals surface area contributed by atoms with Gasteiger partial charge in [0.05, 0.1) is 18.8 Å². The van der Waals surface area contributed by atoms with E-state index in [1.165, 1.54) is 13.0 Å². The standard InChI is InChI=1S/C18H23NO7/c1-7-23-15(21)11-12(16(22)24-8-2)18(9-10(3)14(20)26-18)25-13(11)19-17(4,5)6/h9H,7-8H2,1-6H3.